The highest BCUT2D eigenvalue weighted by Crippen LogP contribution is 2.11. The van der Waals surface area contributed by atoms with Gasteiger partial charge in [0.15, 0.2) is 5.69 Å². The highest BCUT2D eigenvalue weighted by atomic mass is 32.1. The third-order valence-electron chi connectivity index (χ3n) is 1.23. The van der Waals surface area contributed by atoms with Gasteiger partial charge >= 0.3 is 5.97 Å². The summed E-state index contributed by atoms with van der Waals surface area (Å²) in [6.45, 7) is 1.90. The van der Waals surface area contributed by atoms with Gasteiger partial charge in [0.2, 0.25) is 0 Å². The lowest BCUT2D eigenvalue weighted by Crippen LogP contribution is -2.00. The molecule has 1 aromatic heterocycles. The first-order valence-corrected chi connectivity index (χ1v) is 4.32. The zero-order valence-corrected chi connectivity index (χ0v) is 7.72. The first-order chi connectivity index (χ1) is 5.77. The van der Waals surface area contributed by atoms with Crippen LogP contribution in [-0.2, 0) is 4.74 Å². The number of aromatic nitrogens is 1. The fourth-order valence-corrected chi connectivity index (χ4v) is 1.45. The molecule has 64 valence electrons. The van der Waals surface area contributed by atoms with E-state index in [1.807, 2.05) is 19.1 Å². The number of hydrogen-bond acceptors (Lipinski definition) is 4. The van der Waals surface area contributed by atoms with E-state index in [1.165, 1.54) is 18.4 Å². The summed E-state index contributed by atoms with van der Waals surface area (Å²) in [6, 6.07) is 0. The Bertz CT molecular complexity index is 304. The molecule has 0 aliphatic carbocycles. The summed E-state index contributed by atoms with van der Waals surface area (Å²) in [5.41, 5.74) is 0.371. The lowest BCUT2D eigenvalue weighted by molar-refractivity contribution is 0.0595. The number of esters is 1. The second kappa shape index (κ2) is 4.01. The molecule has 0 radical (unpaired) electrons. The molecule has 0 aliphatic heterocycles. The maximum atomic E-state index is 10.9. The minimum Gasteiger partial charge on any atom is -0.464 e. The maximum Gasteiger partial charge on any atom is 0.357 e. The van der Waals surface area contributed by atoms with Crippen LogP contribution in [0.3, 0.4) is 0 Å². The molecule has 4 heteroatoms. The summed E-state index contributed by atoms with van der Waals surface area (Å²) in [4.78, 5) is 15.0. The Morgan fingerprint density at radius 1 is 1.75 bits per heavy atom. The Balaban J connectivity index is 2.84. The maximum absolute atomic E-state index is 10.9. The van der Waals surface area contributed by atoms with E-state index in [4.69, 9.17) is 0 Å². The van der Waals surface area contributed by atoms with Gasteiger partial charge in [0.05, 0.1) is 7.11 Å². The zero-order valence-electron chi connectivity index (χ0n) is 6.90. The van der Waals surface area contributed by atoms with Crippen LogP contribution < -0.4 is 0 Å². The number of allylic oxidation sites excluding steroid dienone is 1. The Labute approximate surface area is 74.7 Å². The third-order valence-corrected chi connectivity index (χ3v) is 2.04. The second-order valence-electron chi connectivity index (χ2n) is 2.06. The molecule has 3 nitrogen and oxygen atoms in total. The molecular weight excluding hydrogens is 174 g/mol. The van der Waals surface area contributed by atoms with Crippen LogP contribution in [0.4, 0.5) is 0 Å². The number of ether oxygens (including phenoxy) is 1. The summed E-state index contributed by atoms with van der Waals surface area (Å²) in [6.07, 6.45) is 3.72. The molecule has 0 aromatic carbocycles. The topological polar surface area (TPSA) is 39.2 Å². The summed E-state index contributed by atoms with van der Waals surface area (Å²) < 4.78 is 4.51. The van der Waals surface area contributed by atoms with Gasteiger partial charge in [-0.3, -0.25) is 0 Å². The lowest BCUT2D eigenvalue weighted by Gasteiger charge is -1.90. The van der Waals surface area contributed by atoms with Gasteiger partial charge in [-0.2, -0.15) is 0 Å². The van der Waals surface area contributed by atoms with Gasteiger partial charge in [0, 0.05) is 5.38 Å². The van der Waals surface area contributed by atoms with Crippen LogP contribution >= 0.6 is 11.3 Å². The molecule has 0 N–H and O–H groups in total. The molecular formula is C8H9NO2S. The third kappa shape index (κ3) is 1.92. The van der Waals surface area contributed by atoms with Crippen molar-refractivity contribution in [2.24, 2.45) is 0 Å². The smallest absolute Gasteiger partial charge is 0.357 e. The van der Waals surface area contributed by atoms with Gasteiger partial charge in [-0.25, -0.2) is 9.78 Å². The second-order valence-corrected chi connectivity index (χ2v) is 2.95. The van der Waals surface area contributed by atoms with Gasteiger partial charge in [-0.15, -0.1) is 11.3 Å². The van der Waals surface area contributed by atoms with Crippen LogP contribution in [0.1, 0.15) is 22.4 Å². The first kappa shape index (κ1) is 8.93. The monoisotopic (exact) mass is 183 g/mol. The van der Waals surface area contributed by atoms with E-state index in [1.54, 1.807) is 5.38 Å². The predicted molar refractivity (Wildman–Crippen MR) is 48.2 cm³/mol. The van der Waals surface area contributed by atoms with Crippen molar-refractivity contribution < 1.29 is 9.53 Å². The molecule has 0 spiro atoms. The van der Waals surface area contributed by atoms with Gasteiger partial charge in [0.25, 0.3) is 0 Å². The van der Waals surface area contributed by atoms with E-state index in [0.717, 1.165) is 5.01 Å². The van der Waals surface area contributed by atoms with Crippen LogP contribution in [0.5, 0.6) is 0 Å². The Kier molecular flexibility index (Phi) is 2.99. The van der Waals surface area contributed by atoms with E-state index >= 15 is 0 Å². The van der Waals surface area contributed by atoms with Crippen molar-refractivity contribution in [3.63, 3.8) is 0 Å². The molecule has 1 aromatic rings. The Hall–Kier alpha value is -1.16. The zero-order chi connectivity index (χ0) is 8.97. The minimum atomic E-state index is -0.387. The molecule has 0 fully saturated rings. The molecule has 0 unspecified atom stereocenters. The molecule has 12 heavy (non-hydrogen) atoms. The van der Waals surface area contributed by atoms with Crippen LogP contribution in [0.25, 0.3) is 6.08 Å². The van der Waals surface area contributed by atoms with Crippen molar-refractivity contribution in [1.29, 1.82) is 0 Å². The van der Waals surface area contributed by atoms with Crippen molar-refractivity contribution in [2.75, 3.05) is 7.11 Å². The molecule has 0 aliphatic rings. The molecule has 0 atom stereocenters. The van der Waals surface area contributed by atoms with E-state index in [-0.39, 0.29) is 5.97 Å². The number of hydrogen-bond donors (Lipinski definition) is 0. The van der Waals surface area contributed by atoms with E-state index in [9.17, 15) is 4.79 Å². The number of rotatable bonds is 2. The fraction of sp³-hybridized carbons (Fsp3) is 0.250. The predicted octanol–water partition coefficient (Wildman–Crippen LogP) is 1.96. The number of carbonyl (C=O) groups is 1. The van der Waals surface area contributed by atoms with Crippen molar-refractivity contribution in [3.8, 4) is 0 Å². The number of methoxy groups -OCH3 is 1. The molecule has 0 saturated carbocycles. The van der Waals surface area contributed by atoms with Gasteiger partial charge in [0.1, 0.15) is 5.01 Å². The Morgan fingerprint density at radius 2 is 2.50 bits per heavy atom. The van der Waals surface area contributed by atoms with Gasteiger partial charge in [-0.05, 0) is 13.0 Å². The SMILES string of the molecule is CC=Cc1nc(C(=O)OC)cs1. The van der Waals surface area contributed by atoms with Crippen molar-refractivity contribution >= 4 is 23.4 Å². The van der Waals surface area contributed by atoms with E-state index in [2.05, 4.69) is 9.72 Å². The van der Waals surface area contributed by atoms with Crippen LogP contribution in [0.2, 0.25) is 0 Å². The van der Waals surface area contributed by atoms with Crippen molar-refractivity contribution in [3.05, 3.63) is 22.2 Å². The standard InChI is InChI=1S/C8H9NO2S/c1-3-4-7-9-6(5-12-7)8(10)11-2/h3-5H,1-2H3. The van der Waals surface area contributed by atoms with Crippen LogP contribution in [0, 0.1) is 0 Å². The summed E-state index contributed by atoms with van der Waals surface area (Å²) >= 11 is 1.42. The molecule has 0 bridgehead atoms. The lowest BCUT2D eigenvalue weighted by atomic mass is 10.5. The Morgan fingerprint density at radius 3 is 3.08 bits per heavy atom. The van der Waals surface area contributed by atoms with Crippen molar-refractivity contribution in [2.45, 2.75) is 6.92 Å². The largest absolute Gasteiger partial charge is 0.464 e. The summed E-state index contributed by atoms with van der Waals surface area (Å²) in [5, 5.41) is 2.50. The number of carbonyl (C=O) groups excluding carboxylic acids is 1. The van der Waals surface area contributed by atoms with Crippen molar-refractivity contribution in [1.82, 2.24) is 4.98 Å². The van der Waals surface area contributed by atoms with E-state index < -0.39 is 0 Å². The summed E-state index contributed by atoms with van der Waals surface area (Å²) in [5.74, 6) is -0.387. The van der Waals surface area contributed by atoms with E-state index in [0.29, 0.717) is 5.69 Å². The van der Waals surface area contributed by atoms with Crippen LogP contribution in [-0.4, -0.2) is 18.1 Å². The van der Waals surface area contributed by atoms with Crippen LogP contribution in [0.15, 0.2) is 11.5 Å². The average Bonchev–Trinajstić information content (AvgIpc) is 2.52. The number of nitrogens with zero attached hydrogens (tertiary/aromatic N) is 1. The first-order valence-electron chi connectivity index (χ1n) is 3.44. The quantitative estimate of drug-likeness (QED) is 0.658. The molecule has 1 rings (SSSR count). The molecule has 0 amide bonds. The summed E-state index contributed by atoms with van der Waals surface area (Å²) in [7, 11) is 1.34. The molecule has 0 saturated heterocycles. The fourth-order valence-electron chi connectivity index (χ4n) is 0.705. The van der Waals surface area contributed by atoms with Gasteiger partial charge in [-0.1, -0.05) is 6.08 Å². The number of thiazole rings is 1. The van der Waals surface area contributed by atoms with Gasteiger partial charge < -0.3 is 4.74 Å². The minimum absolute atomic E-state index is 0.371. The highest BCUT2D eigenvalue weighted by molar-refractivity contribution is 7.10. The normalized spacial score (nSPS) is 10.5. The molecule has 1 heterocycles. The average molecular weight is 183 g/mol. The highest BCUT2D eigenvalue weighted by Gasteiger charge is 2.08.